The number of dihydropyridines is 1. The number of carbonyl (C=O) groups excluding carboxylic acids is 1. The maximum absolute atomic E-state index is 13.1. The van der Waals surface area contributed by atoms with Gasteiger partial charge in [0.15, 0.2) is 5.76 Å². The Hall–Kier alpha value is -1.78. The summed E-state index contributed by atoms with van der Waals surface area (Å²) in [5, 5.41) is 9.00. The van der Waals surface area contributed by atoms with Crippen LogP contribution >= 0.6 is 0 Å². The van der Waals surface area contributed by atoms with Crippen LogP contribution in [0.3, 0.4) is 0 Å². The van der Waals surface area contributed by atoms with Gasteiger partial charge in [-0.25, -0.2) is 13.8 Å². The van der Waals surface area contributed by atoms with Crippen LogP contribution in [-0.4, -0.2) is 16.7 Å². The zero-order chi connectivity index (χ0) is 10.3. The van der Waals surface area contributed by atoms with Gasteiger partial charge in [0.25, 0.3) is 0 Å². The summed E-state index contributed by atoms with van der Waals surface area (Å²) >= 11 is 0. The number of allylic oxidation sites excluding steroid dienone is 5. The minimum Gasteiger partial charge on any atom is -0.503 e. The molecule has 2 aliphatic rings. The van der Waals surface area contributed by atoms with Gasteiger partial charge in [-0.05, 0) is 12.2 Å². The molecule has 0 bridgehead atoms. The molecule has 1 unspecified atom stereocenters. The number of hydrogen-bond donors (Lipinski definition) is 1. The third-order valence-electron chi connectivity index (χ3n) is 1.95. The molecule has 5 heteroatoms. The zero-order valence-electron chi connectivity index (χ0n) is 6.87. The van der Waals surface area contributed by atoms with Gasteiger partial charge in [0, 0.05) is 6.08 Å². The van der Waals surface area contributed by atoms with E-state index in [2.05, 4.69) is 4.99 Å². The van der Waals surface area contributed by atoms with Gasteiger partial charge in [0.2, 0.25) is 0 Å². The lowest BCUT2D eigenvalue weighted by Gasteiger charge is -2.18. The molecule has 1 N–H and O–H groups in total. The molecule has 1 atom stereocenters. The van der Waals surface area contributed by atoms with Crippen molar-refractivity contribution in [2.45, 2.75) is 0 Å². The van der Waals surface area contributed by atoms with E-state index in [-0.39, 0.29) is 5.71 Å². The lowest BCUT2D eigenvalue weighted by Crippen LogP contribution is -2.22. The Labute approximate surface area is 77.8 Å². The van der Waals surface area contributed by atoms with Gasteiger partial charge in [0.1, 0.15) is 11.7 Å². The van der Waals surface area contributed by atoms with Gasteiger partial charge in [-0.2, -0.15) is 0 Å². The molecule has 3 nitrogen and oxygen atoms in total. The van der Waals surface area contributed by atoms with Crippen LogP contribution in [-0.2, 0) is 4.79 Å². The molecular weight excluding hydrogens is 192 g/mol. The SMILES string of the molecule is O=C1N=C2C=C(F)C=C(F)C2C=C1O. The average molecular weight is 197 g/mol. The van der Waals surface area contributed by atoms with E-state index >= 15 is 0 Å². The summed E-state index contributed by atoms with van der Waals surface area (Å²) in [7, 11) is 0. The first kappa shape index (κ1) is 8.80. The van der Waals surface area contributed by atoms with Gasteiger partial charge in [-0.3, -0.25) is 4.79 Å². The number of carbonyl (C=O) groups is 1. The number of rotatable bonds is 0. The van der Waals surface area contributed by atoms with Crippen molar-refractivity contribution in [3.63, 3.8) is 0 Å². The lowest BCUT2D eigenvalue weighted by atomic mass is 9.94. The van der Waals surface area contributed by atoms with Crippen LogP contribution < -0.4 is 0 Å². The Morgan fingerprint density at radius 3 is 2.79 bits per heavy atom. The van der Waals surface area contributed by atoms with Gasteiger partial charge < -0.3 is 5.11 Å². The van der Waals surface area contributed by atoms with Crippen molar-refractivity contribution in [3.05, 3.63) is 35.6 Å². The minimum absolute atomic E-state index is 0.0229. The Morgan fingerprint density at radius 2 is 2.07 bits per heavy atom. The average Bonchev–Trinajstić information content (AvgIpc) is 2.08. The van der Waals surface area contributed by atoms with E-state index in [9.17, 15) is 13.6 Å². The van der Waals surface area contributed by atoms with Crippen molar-refractivity contribution >= 4 is 11.6 Å². The molecule has 1 aliphatic heterocycles. The molecule has 0 saturated heterocycles. The summed E-state index contributed by atoms with van der Waals surface area (Å²) < 4.78 is 25.8. The number of amides is 1. The van der Waals surface area contributed by atoms with E-state index in [4.69, 9.17) is 5.11 Å². The van der Waals surface area contributed by atoms with Crippen molar-refractivity contribution < 1.29 is 18.7 Å². The smallest absolute Gasteiger partial charge is 0.311 e. The highest BCUT2D eigenvalue weighted by atomic mass is 19.1. The molecule has 14 heavy (non-hydrogen) atoms. The number of nitrogens with zero attached hydrogens (tertiary/aromatic N) is 1. The number of halogens is 2. The van der Waals surface area contributed by atoms with Gasteiger partial charge in [-0.1, -0.05) is 0 Å². The fourth-order valence-corrected chi connectivity index (χ4v) is 1.31. The Morgan fingerprint density at radius 1 is 1.36 bits per heavy atom. The van der Waals surface area contributed by atoms with Gasteiger partial charge in [0.05, 0.1) is 11.6 Å². The van der Waals surface area contributed by atoms with Crippen LogP contribution in [0.25, 0.3) is 0 Å². The molecule has 0 radical (unpaired) electrons. The summed E-state index contributed by atoms with van der Waals surface area (Å²) in [6.07, 6.45) is 2.68. The molecule has 0 aromatic heterocycles. The third kappa shape index (κ3) is 1.26. The molecule has 0 fully saturated rings. The first-order chi connectivity index (χ1) is 6.58. The molecule has 0 aromatic carbocycles. The normalized spacial score (nSPS) is 25.9. The Bertz CT molecular complexity index is 432. The molecule has 0 spiro atoms. The maximum atomic E-state index is 13.1. The highest BCUT2D eigenvalue weighted by Crippen LogP contribution is 2.28. The topological polar surface area (TPSA) is 49.7 Å². The summed E-state index contributed by atoms with van der Waals surface area (Å²) in [6.45, 7) is 0. The minimum atomic E-state index is -0.938. The summed E-state index contributed by atoms with van der Waals surface area (Å²) in [4.78, 5) is 14.2. The molecule has 1 aliphatic carbocycles. The van der Waals surface area contributed by atoms with E-state index in [0.29, 0.717) is 6.08 Å². The predicted molar refractivity (Wildman–Crippen MR) is 45.0 cm³/mol. The van der Waals surface area contributed by atoms with Crippen LogP contribution in [0.2, 0.25) is 0 Å². The van der Waals surface area contributed by atoms with Crippen LogP contribution in [0.4, 0.5) is 8.78 Å². The van der Waals surface area contributed by atoms with E-state index in [1.54, 1.807) is 0 Å². The lowest BCUT2D eigenvalue weighted by molar-refractivity contribution is -0.116. The number of hydrogen-bond acceptors (Lipinski definition) is 2. The molecule has 0 aromatic rings. The number of aliphatic imine (C=N–C) groups is 1. The monoisotopic (exact) mass is 197 g/mol. The molecule has 1 heterocycles. The molecule has 0 saturated carbocycles. The Kier molecular flexibility index (Phi) is 1.80. The second-order valence-electron chi connectivity index (χ2n) is 2.93. The maximum Gasteiger partial charge on any atom is 0.311 e. The molecular formula is C9H5F2NO2. The largest absolute Gasteiger partial charge is 0.503 e. The van der Waals surface area contributed by atoms with Crippen molar-refractivity contribution in [1.29, 1.82) is 0 Å². The first-order valence-corrected chi connectivity index (χ1v) is 3.86. The van der Waals surface area contributed by atoms with E-state index in [1.165, 1.54) is 0 Å². The van der Waals surface area contributed by atoms with Crippen LogP contribution in [0.15, 0.2) is 40.6 Å². The summed E-state index contributed by atoms with van der Waals surface area (Å²) in [6, 6.07) is 0. The Balaban J connectivity index is 2.48. The molecule has 72 valence electrons. The van der Waals surface area contributed by atoms with E-state index < -0.39 is 29.2 Å². The second-order valence-corrected chi connectivity index (χ2v) is 2.93. The second kappa shape index (κ2) is 2.87. The van der Waals surface area contributed by atoms with Crippen LogP contribution in [0, 0.1) is 5.92 Å². The van der Waals surface area contributed by atoms with Crippen molar-refractivity contribution in [2.24, 2.45) is 10.9 Å². The van der Waals surface area contributed by atoms with Crippen molar-refractivity contribution in [3.8, 4) is 0 Å². The van der Waals surface area contributed by atoms with Gasteiger partial charge in [-0.15, -0.1) is 0 Å². The van der Waals surface area contributed by atoms with E-state index in [1.807, 2.05) is 0 Å². The fraction of sp³-hybridized carbons (Fsp3) is 0.111. The summed E-state index contributed by atoms with van der Waals surface area (Å²) in [5.41, 5.74) is -0.0229. The number of fused-ring (bicyclic) bond motifs is 1. The van der Waals surface area contributed by atoms with Crippen LogP contribution in [0.1, 0.15) is 0 Å². The predicted octanol–water partition coefficient (Wildman–Crippen LogP) is 1.75. The quantitative estimate of drug-likeness (QED) is 0.643. The fourth-order valence-electron chi connectivity index (χ4n) is 1.31. The highest BCUT2D eigenvalue weighted by Gasteiger charge is 2.28. The van der Waals surface area contributed by atoms with Crippen molar-refractivity contribution in [2.75, 3.05) is 0 Å². The standard InChI is InChI=1S/C9H5F2NO2/c10-4-1-6(11)5-3-8(13)9(14)12-7(5)2-4/h1-3,5,13H. The number of aliphatic hydroxyl groups is 1. The third-order valence-corrected chi connectivity index (χ3v) is 1.95. The van der Waals surface area contributed by atoms with Crippen molar-refractivity contribution in [1.82, 2.24) is 0 Å². The first-order valence-electron chi connectivity index (χ1n) is 3.86. The zero-order valence-corrected chi connectivity index (χ0v) is 6.87. The number of aliphatic hydroxyl groups excluding tert-OH is 1. The molecule has 2 rings (SSSR count). The van der Waals surface area contributed by atoms with Gasteiger partial charge >= 0.3 is 5.91 Å². The summed E-state index contributed by atoms with van der Waals surface area (Å²) in [5.74, 6) is -4.00. The molecule has 1 amide bonds. The van der Waals surface area contributed by atoms with E-state index in [0.717, 1.165) is 12.2 Å². The van der Waals surface area contributed by atoms with Crippen LogP contribution in [0.5, 0.6) is 0 Å². The highest BCUT2D eigenvalue weighted by molar-refractivity contribution is 6.12.